The molecule has 0 saturated heterocycles. The van der Waals surface area contributed by atoms with Crippen LogP contribution in [0.1, 0.15) is 4.88 Å². The molecule has 0 aromatic carbocycles. The van der Waals surface area contributed by atoms with Crippen LogP contribution in [-0.4, -0.2) is 21.1 Å². The molecule has 96 valence electrons. The third-order valence-corrected chi connectivity index (χ3v) is 4.11. The Morgan fingerprint density at radius 2 is 2.37 bits per heavy atom. The molecule has 0 aliphatic rings. The van der Waals surface area contributed by atoms with Crippen molar-refractivity contribution in [1.82, 2.24) is 14.9 Å². The number of hydrogen-bond donors (Lipinski definition) is 1. The summed E-state index contributed by atoms with van der Waals surface area (Å²) in [5.41, 5.74) is 0. The summed E-state index contributed by atoms with van der Waals surface area (Å²) in [6.07, 6.45) is 3.31. The average molecular weight is 355 g/mol. The predicted octanol–water partition coefficient (Wildman–Crippen LogP) is 3.91. The molecule has 8 heteroatoms. The lowest BCUT2D eigenvalue weighted by atomic mass is 10.4. The zero-order chi connectivity index (χ0) is 13.2. The topological polar surface area (TPSA) is 59.1 Å². The number of hydrogen-bond acceptors (Lipinski definition) is 5. The van der Waals surface area contributed by atoms with Crippen molar-refractivity contribution in [2.45, 2.75) is 0 Å². The molecule has 0 spiro atoms. The molecule has 0 amide bonds. The van der Waals surface area contributed by atoms with Crippen molar-refractivity contribution in [2.75, 3.05) is 0 Å². The summed E-state index contributed by atoms with van der Waals surface area (Å²) in [6, 6.07) is 7.53. The zero-order valence-electron chi connectivity index (χ0n) is 9.41. The number of thiophene rings is 1. The monoisotopic (exact) mass is 354 g/mol. The number of nitrogens with one attached hydrogen (secondary N) is 1. The van der Waals surface area contributed by atoms with Gasteiger partial charge in [-0.25, -0.2) is 5.10 Å². The molecule has 0 aliphatic carbocycles. The Kier molecular flexibility index (Phi) is 3.45. The predicted molar refractivity (Wildman–Crippen MR) is 80.1 cm³/mol. The van der Waals surface area contributed by atoms with Gasteiger partial charge in [-0.05, 0) is 52.4 Å². The Morgan fingerprint density at radius 1 is 1.47 bits per heavy atom. The summed E-state index contributed by atoms with van der Waals surface area (Å²) in [6.45, 7) is 0. The first-order valence-electron chi connectivity index (χ1n) is 5.25. The minimum atomic E-state index is 0.415. The van der Waals surface area contributed by atoms with Crippen LogP contribution in [0.4, 0.5) is 0 Å². The average Bonchev–Trinajstić information content (AvgIpc) is 3.08. The zero-order valence-corrected chi connectivity index (χ0v) is 12.6. The van der Waals surface area contributed by atoms with Gasteiger partial charge in [-0.3, -0.25) is 0 Å². The van der Waals surface area contributed by atoms with Gasteiger partial charge in [-0.1, -0.05) is 0 Å². The van der Waals surface area contributed by atoms with Crippen LogP contribution in [0.25, 0.3) is 11.6 Å². The van der Waals surface area contributed by atoms with Gasteiger partial charge >= 0.3 is 0 Å². The first-order chi connectivity index (χ1) is 9.24. The van der Waals surface area contributed by atoms with E-state index in [2.05, 4.69) is 31.2 Å². The molecule has 0 unspecified atom stereocenters. The van der Waals surface area contributed by atoms with Crippen molar-refractivity contribution in [2.24, 2.45) is 5.10 Å². The van der Waals surface area contributed by atoms with Gasteiger partial charge in [-0.2, -0.15) is 9.78 Å². The SMILES string of the molecule is S=c1[nH]nc(-c2ccco2)n1/N=C/c1ccc(Br)s1. The number of halogens is 1. The quantitative estimate of drug-likeness (QED) is 0.573. The van der Waals surface area contributed by atoms with Crippen LogP contribution in [0.5, 0.6) is 0 Å². The normalized spacial score (nSPS) is 11.4. The van der Waals surface area contributed by atoms with E-state index in [-0.39, 0.29) is 0 Å². The highest BCUT2D eigenvalue weighted by Gasteiger charge is 2.10. The first kappa shape index (κ1) is 12.5. The highest BCUT2D eigenvalue weighted by Crippen LogP contribution is 2.21. The summed E-state index contributed by atoms with van der Waals surface area (Å²) in [5.74, 6) is 1.15. The van der Waals surface area contributed by atoms with Crippen LogP contribution < -0.4 is 0 Å². The Balaban J connectivity index is 1.99. The van der Waals surface area contributed by atoms with Gasteiger partial charge in [0.15, 0.2) is 5.76 Å². The van der Waals surface area contributed by atoms with Crippen LogP contribution in [0, 0.1) is 4.77 Å². The van der Waals surface area contributed by atoms with Crippen molar-refractivity contribution in [1.29, 1.82) is 0 Å². The van der Waals surface area contributed by atoms with Gasteiger partial charge in [-0.15, -0.1) is 16.4 Å². The van der Waals surface area contributed by atoms with E-state index in [0.717, 1.165) is 8.66 Å². The third-order valence-electron chi connectivity index (χ3n) is 2.29. The van der Waals surface area contributed by atoms with Crippen LogP contribution in [-0.2, 0) is 0 Å². The molecular weight excluding hydrogens is 348 g/mol. The highest BCUT2D eigenvalue weighted by molar-refractivity contribution is 9.11. The lowest BCUT2D eigenvalue weighted by Gasteiger charge is -1.95. The molecule has 3 aromatic rings. The van der Waals surface area contributed by atoms with E-state index in [4.69, 9.17) is 16.6 Å². The summed E-state index contributed by atoms with van der Waals surface area (Å²) in [4.78, 5) is 1.01. The molecule has 3 rings (SSSR count). The molecule has 0 atom stereocenters. The summed E-state index contributed by atoms with van der Waals surface area (Å²) in [7, 11) is 0. The van der Waals surface area contributed by atoms with E-state index in [0.29, 0.717) is 16.4 Å². The van der Waals surface area contributed by atoms with Crippen molar-refractivity contribution in [3.63, 3.8) is 0 Å². The van der Waals surface area contributed by atoms with Gasteiger partial charge in [0.05, 0.1) is 16.3 Å². The van der Waals surface area contributed by atoms with Crippen molar-refractivity contribution in [3.8, 4) is 11.6 Å². The maximum Gasteiger partial charge on any atom is 0.219 e. The Bertz CT molecular complexity index is 769. The summed E-state index contributed by atoms with van der Waals surface area (Å²) < 4.78 is 8.30. The molecule has 0 fully saturated rings. The Labute approximate surface area is 125 Å². The van der Waals surface area contributed by atoms with Gasteiger partial charge in [0, 0.05) is 4.88 Å². The largest absolute Gasteiger partial charge is 0.461 e. The summed E-state index contributed by atoms with van der Waals surface area (Å²) >= 11 is 10.1. The fourth-order valence-electron chi connectivity index (χ4n) is 1.48. The molecule has 19 heavy (non-hydrogen) atoms. The molecule has 0 aliphatic heterocycles. The van der Waals surface area contributed by atoms with Gasteiger partial charge in [0.1, 0.15) is 0 Å². The smallest absolute Gasteiger partial charge is 0.219 e. The van der Waals surface area contributed by atoms with Crippen molar-refractivity contribution in [3.05, 3.63) is 44.0 Å². The summed E-state index contributed by atoms with van der Waals surface area (Å²) in [5, 5.41) is 11.1. The molecule has 0 bridgehead atoms. The van der Waals surface area contributed by atoms with E-state index in [9.17, 15) is 0 Å². The fraction of sp³-hybridized carbons (Fsp3) is 0. The van der Waals surface area contributed by atoms with Gasteiger partial charge < -0.3 is 4.42 Å². The molecule has 0 saturated carbocycles. The molecule has 3 heterocycles. The molecule has 5 nitrogen and oxygen atoms in total. The fourth-order valence-corrected chi connectivity index (χ4v) is 2.95. The van der Waals surface area contributed by atoms with E-state index in [1.807, 2.05) is 12.1 Å². The number of aromatic amines is 1. The Hall–Kier alpha value is -1.51. The van der Waals surface area contributed by atoms with Crippen LogP contribution in [0.15, 0.2) is 43.8 Å². The second-order valence-corrected chi connectivity index (χ2v) is 6.41. The van der Waals surface area contributed by atoms with Crippen LogP contribution in [0.3, 0.4) is 0 Å². The first-order valence-corrected chi connectivity index (χ1v) is 7.27. The minimum absolute atomic E-state index is 0.415. The van der Waals surface area contributed by atoms with E-state index in [1.54, 1.807) is 35.9 Å². The lowest BCUT2D eigenvalue weighted by Crippen LogP contribution is -1.93. The van der Waals surface area contributed by atoms with Gasteiger partial charge in [0.25, 0.3) is 0 Å². The number of rotatable bonds is 3. The molecule has 0 radical (unpaired) electrons. The second-order valence-electron chi connectivity index (χ2n) is 3.53. The number of nitrogens with zero attached hydrogens (tertiary/aromatic N) is 3. The van der Waals surface area contributed by atoms with Crippen LogP contribution in [0.2, 0.25) is 0 Å². The Morgan fingerprint density at radius 3 is 3.05 bits per heavy atom. The minimum Gasteiger partial charge on any atom is -0.461 e. The van der Waals surface area contributed by atoms with Crippen molar-refractivity contribution < 1.29 is 4.42 Å². The molecule has 1 N–H and O–H groups in total. The maximum atomic E-state index is 5.30. The maximum absolute atomic E-state index is 5.30. The second kappa shape index (κ2) is 5.24. The van der Waals surface area contributed by atoms with E-state index in [1.165, 1.54) is 4.68 Å². The highest BCUT2D eigenvalue weighted by atomic mass is 79.9. The molecular formula is C11H7BrN4OS2. The van der Waals surface area contributed by atoms with E-state index < -0.39 is 0 Å². The third kappa shape index (κ3) is 2.60. The standard InChI is InChI=1S/C11H7BrN4OS2/c12-9-4-3-7(19-9)6-13-16-10(14-15-11(16)18)8-2-1-5-17-8/h1-6H,(H,15,18)/b13-6+. The number of furan rings is 1. The van der Waals surface area contributed by atoms with E-state index >= 15 is 0 Å². The molecule has 3 aromatic heterocycles. The van der Waals surface area contributed by atoms with Crippen molar-refractivity contribution >= 4 is 45.7 Å². The van der Waals surface area contributed by atoms with Crippen LogP contribution >= 0.6 is 39.5 Å². The number of aromatic nitrogens is 3. The number of H-pyrrole nitrogens is 1. The lowest BCUT2D eigenvalue weighted by molar-refractivity contribution is 0.573. The van der Waals surface area contributed by atoms with Gasteiger partial charge in [0.2, 0.25) is 10.6 Å².